The van der Waals surface area contributed by atoms with Crippen molar-refractivity contribution in [3.8, 4) is 0 Å². The van der Waals surface area contributed by atoms with Gasteiger partial charge in [0.05, 0.1) is 18.4 Å². The van der Waals surface area contributed by atoms with E-state index in [4.69, 9.17) is 4.74 Å². The highest BCUT2D eigenvalue weighted by atomic mass is 32.2. The molecule has 1 aliphatic rings. The van der Waals surface area contributed by atoms with Crippen LogP contribution in [0.5, 0.6) is 0 Å². The number of hydrogen-bond acceptors (Lipinski definition) is 7. The topological polar surface area (TPSA) is 93.2 Å². The van der Waals surface area contributed by atoms with Crippen molar-refractivity contribution < 1.29 is 14.3 Å². The van der Waals surface area contributed by atoms with Crippen LogP contribution in [-0.2, 0) is 16.0 Å². The molecule has 7 nitrogen and oxygen atoms in total. The summed E-state index contributed by atoms with van der Waals surface area (Å²) in [5, 5.41) is 13.8. The molecule has 2 N–H and O–H groups in total. The van der Waals surface area contributed by atoms with E-state index in [-0.39, 0.29) is 24.3 Å². The zero-order valence-electron chi connectivity index (χ0n) is 14.4. The first-order valence-corrected chi connectivity index (χ1v) is 10.2. The average molecular weight is 393 g/mol. The minimum absolute atomic E-state index is 0.0354. The molecule has 1 aromatic heterocycles. The second-order valence-electron chi connectivity index (χ2n) is 5.72. The van der Waals surface area contributed by atoms with Crippen LogP contribution in [0.3, 0.4) is 0 Å². The molecule has 0 unspecified atom stereocenters. The molecule has 0 saturated heterocycles. The molecular weight excluding hydrogens is 372 g/mol. The van der Waals surface area contributed by atoms with Crippen molar-refractivity contribution in [2.24, 2.45) is 0 Å². The van der Waals surface area contributed by atoms with Crippen LogP contribution < -0.4 is 10.6 Å². The van der Waals surface area contributed by atoms with E-state index < -0.39 is 6.09 Å². The van der Waals surface area contributed by atoms with E-state index >= 15 is 0 Å². The van der Waals surface area contributed by atoms with Gasteiger partial charge in [0, 0.05) is 0 Å². The Morgan fingerprint density at radius 1 is 1.35 bits per heavy atom. The van der Waals surface area contributed by atoms with Crippen LogP contribution in [0.1, 0.15) is 36.9 Å². The van der Waals surface area contributed by atoms with Gasteiger partial charge in [-0.15, -0.1) is 10.2 Å². The van der Waals surface area contributed by atoms with Gasteiger partial charge >= 0.3 is 6.09 Å². The highest BCUT2D eigenvalue weighted by molar-refractivity contribution is 8.01. The van der Waals surface area contributed by atoms with E-state index in [1.807, 2.05) is 12.1 Å². The lowest BCUT2D eigenvalue weighted by atomic mass is 9.88. The summed E-state index contributed by atoms with van der Waals surface area (Å²) in [5.74, 6) is 0.221. The van der Waals surface area contributed by atoms with Gasteiger partial charge in [-0.25, -0.2) is 4.79 Å². The predicted molar refractivity (Wildman–Crippen MR) is 102 cm³/mol. The van der Waals surface area contributed by atoms with Crippen LogP contribution in [0.15, 0.2) is 28.6 Å². The summed E-state index contributed by atoms with van der Waals surface area (Å²) in [6.45, 7) is 2.01. The molecule has 138 valence electrons. The first-order valence-electron chi connectivity index (χ1n) is 8.43. The van der Waals surface area contributed by atoms with Crippen molar-refractivity contribution in [3.63, 3.8) is 0 Å². The largest absolute Gasteiger partial charge is 0.450 e. The quantitative estimate of drug-likeness (QED) is 0.578. The monoisotopic (exact) mass is 392 g/mol. The Kier molecular flexibility index (Phi) is 6.45. The van der Waals surface area contributed by atoms with Crippen LogP contribution in [0, 0.1) is 0 Å². The molecule has 0 fully saturated rings. The maximum absolute atomic E-state index is 12.3. The van der Waals surface area contributed by atoms with Gasteiger partial charge in [-0.05, 0) is 37.3 Å². The summed E-state index contributed by atoms with van der Waals surface area (Å²) in [6.07, 6.45) is 2.54. The van der Waals surface area contributed by atoms with Crippen LogP contribution in [0.25, 0.3) is 0 Å². The second-order valence-corrected chi connectivity index (χ2v) is 7.92. The summed E-state index contributed by atoms with van der Waals surface area (Å²) in [4.78, 5) is 23.6. The third-order valence-corrected chi connectivity index (χ3v) is 5.89. The number of ether oxygens (including phenoxy) is 1. The number of hydrogen-bond donors (Lipinski definition) is 2. The molecule has 0 aliphatic heterocycles. The number of rotatable bonds is 6. The van der Waals surface area contributed by atoms with Crippen molar-refractivity contribution in [3.05, 3.63) is 35.4 Å². The summed E-state index contributed by atoms with van der Waals surface area (Å²) in [6, 6.07) is 8.34. The number of carbonyl (C=O) groups excluding carboxylic acids is 2. The first kappa shape index (κ1) is 18.7. The number of anilines is 1. The van der Waals surface area contributed by atoms with Crippen molar-refractivity contribution in [1.29, 1.82) is 0 Å². The van der Waals surface area contributed by atoms with E-state index in [1.54, 1.807) is 6.92 Å². The number of thioether (sulfide) groups is 1. The number of carbonyl (C=O) groups is 2. The summed E-state index contributed by atoms with van der Waals surface area (Å²) in [7, 11) is 0. The molecule has 1 atom stereocenters. The Hall–Kier alpha value is -2.13. The molecule has 1 heterocycles. The standard InChI is InChI=1S/C17H20N4O3S2/c1-2-24-16(23)19-15-20-21-17(26-15)25-10-14(22)18-13-9-5-7-11-6-3-4-8-12(11)13/h3-4,6,8,13H,2,5,7,9-10H2,1H3,(H,18,22)(H,19,20,23)/t13-/m0/s1. The van der Waals surface area contributed by atoms with E-state index in [2.05, 4.69) is 33.0 Å². The smallest absolute Gasteiger partial charge is 0.413 e. The minimum atomic E-state index is -0.561. The average Bonchev–Trinajstić information content (AvgIpc) is 3.08. The Morgan fingerprint density at radius 3 is 3.04 bits per heavy atom. The van der Waals surface area contributed by atoms with Gasteiger partial charge in [-0.1, -0.05) is 47.4 Å². The molecule has 0 radical (unpaired) electrons. The highest BCUT2D eigenvalue weighted by Crippen LogP contribution is 2.30. The van der Waals surface area contributed by atoms with Crippen LogP contribution in [-0.4, -0.2) is 34.6 Å². The molecule has 26 heavy (non-hydrogen) atoms. The lowest BCUT2D eigenvalue weighted by Gasteiger charge is -2.26. The fraction of sp³-hybridized carbons (Fsp3) is 0.412. The molecule has 2 aromatic rings. The number of benzene rings is 1. The third kappa shape index (κ3) is 4.95. The van der Waals surface area contributed by atoms with Gasteiger partial charge in [0.25, 0.3) is 0 Å². The third-order valence-electron chi connectivity index (χ3n) is 3.92. The van der Waals surface area contributed by atoms with Gasteiger partial charge in [0.2, 0.25) is 11.0 Å². The maximum atomic E-state index is 12.3. The van der Waals surface area contributed by atoms with Gasteiger partial charge in [-0.3, -0.25) is 10.1 Å². The van der Waals surface area contributed by atoms with Gasteiger partial charge in [0.1, 0.15) is 0 Å². The predicted octanol–water partition coefficient (Wildman–Crippen LogP) is 3.39. The Labute approximate surface area is 159 Å². The van der Waals surface area contributed by atoms with E-state index in [9.17, 15) is 9.59 Å². The molecule has 2 amide bonds. The number of amides is 2. The lowest BCUT2D eigenvalue weighted by Crippen LogP contribution is -2.32. The lowest BCUT2D eigenvalue weighted by molar-refractivity contribution is -0.119. The molecule has 3 rings (SSSR count). The van der Waals surface area contributed by atoms with Crippen molar-refractivity contribution in [2.45, 2.75) is 36.6 Å². The normalized spacial score (nSPS) is 15.8. The number of nitrogens with one attached hydrogen (secondary N) is 2. The van der Waals surface area contributed by atoms with Gasteiger partial charge in [0.15, 0.2) is 4.34 Å². The fourth-order valence-corrected chi connectivity index (χ4v) is 4.39. The highest BCUT2D eigenvalue weighted by Gasteiger charge is 2.21. The number of aromatic nitrogens is 2. The van der Waals surface area contributed by atoms with Crippen LogP contribution in [0.2, 0.25) is 0 Å². The molecule has 0 bridgehead atoms. The van der Waals surface area contributed by atoms with Crippen LogP contribution >= 0.6 is 23.1 Å². The van der Waals surface area contributed by atoms with Crippen molar-refractivity contribution in [1.82, 2.24) is 15.5 Å². The minimum Gasteiger partial charge on any atom is -0.450 e. The fourth-order valence-electron chi connectivity index (χ4n) is 2.84. The van der Waals surface area contributed by atoms with Crippen LogP contribution in [0.4, 0.5) is 9.93 Å². The summed E-state index contributed by atoms with van der Waals surface area (Å²) < 4.78 is 5.41. The van der Waals surface area contributed by atoms with Gasteiger partial charge in [-0.2, -0.15) is 0 Å². The van der Waals surface area contributed by atoms with E-state index in [1.165, 1.54) is 34.2 Å². The molecular formula is C17H20N4O3S2. The number of nitrogens with zero attached hydrogens (tertiary/aromatic N) is 2. The zero-order chi connectivity index (χ0) is 18.4. The summed E-state index contributed by atoms with van der Waals surface area (Å²) >= 11 is 2.51. The molecule has 1 aliphatic carbocycles. The summed E-state index contributed by atoms with van der Waals surface area (Å²) in [5.41, 5.74) is 2.53. The zero-order valence-corrected chi connectivity index (χ0v) is 16.0. The SMILES string of the molecule is CCOC(=O)Nc1nnc(SCC(=O)N[C@H]2CCCc3ccccc32)s1. The molecule has 0 saturated carbocycles. The Balaban J connectivity index is 1.49. The van der Waals surface area contributed by atoms with Crippen molar-refractivity contribution >= 4 is 40.2 Å². The first-order chi connectivity index (χ1) is 12.7. The Bertz CT molecular complexity index is 781. The van der Waals surface area contributed by atoms with Crippen molar-refractivity contribution in [2.75, 3.05) is 17.7 Å². The van der Waals surface area contributed by atoms with Gasteiger partial charge < -0.3 is 10.1 Å². The van der Waals surface area contributed by atoms with E-state index in [0.29, 0.717) is 9.47 Å². The molecule has 9 heteroatoms. The van der Waals surface area contributed by atoms with E-state index in [0.717, 1.165) is 19.3 Å². The number of aryl methyl sites for hydroxylation is 1. The Morgan fingerprint density at radius 2 is 2.19 bits per heavy atom. The molecule has 1 aromatic carbocycles. The second kappa shape index (κ2) is 9.00. The maximum Gasteiger partial charge on any atom is 0.413 e. The molecule has 0 spiro atoms. The number of fused-ring (bicyclic) bond motifs is 1.